The van der Waals surface area contributed by atoms with E-state index in [1.54, 1.807) is 0 Å². The molecule has 6 rings (SSSR count). The SMILES string of the molecule is CCCCC(CC)Cc1cc(N(c2cccc(C)c2)c2c(C)cc(C(C)(C)C)cc2C)cc2c(CC(CC)CCCC)cc(N(c3ccc(C)cc3)c3c(C)cc(C(C)(C)C)cc3C)cc12. The molecule has 0 aliphatic carbocycles. The first-order valence-electron chi connectivity index (χ1n) is 25.8. The van der Waals surface area contributed by atoms with Crippen molar-refractivity contribution < 1.29 is 0 Å². The second-order valence-corrected chi connectivity index (χ2v) is 22.3. The van der Waals surface area contributed by atoms with Crippen LogP contribution in [0.25, 0.3) is 10.8 Å². The highest BCUT2D eigenvalue weighted by molar-refractivity contribution is 5.98. The van der Waals surface area contributed by atoms with Crippen molar-refractivity contribution in [1.82, 2.24) is 0 Å². The zero-order chi connectivity index (χ0) is 48.1. The summed E-state index contributed by atoms with van der Waals surface area (Å²) >= 11 is 0. The number of anilines is 6. The number of hydrogen-bond donors (Lipinski definition) is 0. The van der Waals surface area contributed by atoms with Gasteiger partial charge in [-0.05, 0) is 186 Å². The predicted octanol–water partition coefficient (Wildman–Crippen LogP) is 19.7. The van der Waals surface area contributed by atoms with Gasteiger partial charge in [-0.25, -0.2) is 0 Å². The number of nitrogens with zero attached hydrogens (tertiary/aromatic N) is 2. The minimum absolute atomic E-state index is 0.0599. The van der Waals surface area contributed by atoms with Crippen LogP contribution in [0.5, 0.6) is 0 Å². The van der Waals surface area contributed by atoms with Crippen molar-refractivity contribution in [3.63, 3.8) is 0 Å². The molecule has 0 fully saturated rings. The molecular formula is C64H86N2. The summed E-state index contributed by atoms with van der Waals surface area (Å²) in [7, 11) is 0. The van der Waals surface area contributed by atoms with Crippen molar-refractivity contribution in [2.75, 3.05) is 9.80 Å². The molecular weight excluding hydrogens is 797 g/mol. The van der Waals surface area contributed by atoms with Crippen molar-refractivity contribution in [2.45, 2.75) is 186 Å². The Labute approximate surface area is 403 Å². The second kappa shape index (κ2) is 21.4. The predicted molar refractivity (Wildman–Crippen MR) is 293 cm³/mol. The summed E-state index contributed by atoms with van der Waals surface area (Å²) in [5.74, 6) is 1.21. The van der Waals surface area contributed by atoms with Gasteiger partial charge in [0, 0.05) is 22.7 Å². The number of benzene rings is 6. The molecule has 0 saturated carbocycles. The minimum atomic E-state index is 0.0599. The van der Waals surface area contributed by atoms with Crippen LogP contribution in [-0.4, -0.2) is 0 Å². The summed E-state index contributed by atoms with van der Waals surface area (Å²) in [6, 6.07) is 38.6. The number of fused-ring (bicyclic) bond motifs is 1. The third kappa shape index (κ3) is 11.6. The Morgan fingerprint density at radius 2 is 0.833 bits per heavy atom. The smallest absolute Gasteiger partial charge is 0.0520 e. The molecule has 0 bridgehead atoms. The van der Waals surface area contributed by atoms with Gasteiger partial charge in [0.05, 0.1) is 11.4 Å². The molecule has 0 aliphatic rings. The van der Waals surface area contributed by atoms with E-state index < -0.39 is 0 Å². The maximum atomic E-state index is 2.61. The number of hydrogen-bond acceptors (Lipinski definition) is 2. The molecule has 0 saturated heterocycles. The molecule has 2 unspecified atom stereocenters. The molecule has 2 heteroatoms. The van der Waals surface area contributed by atoms with E-state index in [9.17, 15) is 0 Å². The zero-order valence-electron chi connectivity index (χ0n) is 44.4. The van der Waals surface area contributed by atoms with Crippen molar-refractivity contribution in [3.05, 3.63) is 153 Å². The Balaban J connectivity index is 1.75. The topological polar surface area (TPSA) is 6.48 Å². The number of rotatable bonds is 18. The lowest BCUT2D eigenvalue weighted by atomic mass is 9.84. The van der Waals surface area contributed by atoms with Gasteiger partial charge in [-0.3, -0.25) is 0 Å². The van der Waals surface area contributed by atoms with Gasteiger partial charge in [0.2, 0.25) is 0 Å². The Hall–Kier alpha value is -4.82. The third-order valence-electron chi connectivity index (χ3n) is 14.5. The van der Waals surface area contributed by atoms with Gasteiger partial charge in [-0.2, -0.15) is 0 Å². The van der Waals surface area contributed by atoms with Gasteiger partial charge in [-0.1, -0.05) is 175 Å². The fourth-order valence-corrected chi connectivity index (χ4v) is 10.4. The molecule has 0 amide bonds. The molecule has 0 radical (unpaired) electrons. The summed E-state index contributed by atoms with van der Waals surface area (Å²) in [4.78, 5) is 5.20. The minimum Gasteiger partial charge on any atom is -0.310 e. The van der Waals surface area contributed by atoms with Crippen molar-refractivity contribution in [2.24, 2.45) is 11.8 Å². The van der Waals surface area contributed by atoms with Crippen molar-refractivity contribution in [3.8, 4) is 0 Å². The van der Waals surface area contributed by atoms with E-state index in [0.717, 1.165) is 12.8 Å². The maximum Gasteiger partial charge on any atom is 0.0520 e. The maximum absolute atomic E-state index is 2.61. The molecule has 0 aromatic heterocycles. The molecule has 352 valence electrons. The first kappa shape index (κ1) is 50.6. The van der Waals surface area contributed by atoms with Crippen LogP contribution in [0, 0.1) is 53.4 Å². The van der Waals surface area contributed by atoms with Crippen LogP contribution in [0.1, 0.15) is 176 Å². The fraction of sp³-hybridized carbons (Fsp3) is 0.469. The first-order valence-corrected chi connectivity index (χ1v) is 25.8. The van der Waals surface area contributed by atoms with Gasteiger partial charge in [0.25, 0.3) is 0 Å². The molecule has 2 nitrogen and oxygen atoms in total. The van der Waals surface area contributed by atoms with E-state index in [4.69, 9.17) is 0 Å². The summed E-state index contributed by atoms with van der Waals surface area (Å²) in [6.07, 6.45) is 12.0. The molecule has 6 aromatic rings. The second-order valence-electron chi connectivity index (χ2n) is 22.3. The number of unbranched alkanes of at least 4 members (excludes halogenated alkanes) is 2. The van der Waals surface area contributed by atoms with Gasteiger partial charge < -0.3 is 9.80 Å². The Morgan fingerprint density at radius 3 is 1.20 bits per heavy atom. The Morgan fingerprint density at radius 1 is 0.424 bits per heavy atom. The zero-order valence-corrected chi connectivity index (χ0v) is 44.4. The Bertz CT molecular complexity index is 2530. The normalized spacial score (nSPS) is 13.0. The third-order valence-corrected chi connectivity index (χ3v) is 14.5. The quantitative estimate of drug-likeness (QED) is 0.0849. The van der Waals surface area contributed by atoms with Crippen molar-refractivity contribution in [1.29, 1.82) is 0 Å². The molecule has 0 spiro atoms. The van der Waals surface area contributed by atoms with E-state index in [-0.39, 0.29) is 10.8 Å². The molecule has 0 N–H and O–H groups in total. The molecule has 0 heterocycles. The van der Waals surface area contributed by atoms with Crippen molar-refractivity contribution >= 4 is 44.9 Å². The highest BCUT2D eigenvalue weighted by Gasteiger charge is 2.27. The molecule has 6 aromatic carbocycles. The average molecular weight is 883 g/mol. The van der Waals surface area contributed by atoms with Gasteiger partial charge in [-0.15, -0.1) is 0 Å². The van der Waals surface area contributed by atoms with Crippen LogP contribution in [-0.2, 0) is 23.7 Å². The van der Waals surface area contributed by atoms with Crippen LogP contribution >= 0.6 is 0 Å². The Kier molecular flexibility index (Phi) is 16.4. The van der Waals surface area contributed by atoms with E-state index >= 15 is 0 Å². The molecule has 2 atom stereocenters. The summed E-state index contributed by atoms with van der Waals surface area (Å²) < 4.78 is 0. The van der Waals surface area contributed by atoms with E-state index in [1.165, 1.54) is 152 Å². The van der Waals surface area contributed by atoms with Gasteiger partial charge in [0.1, 0.15) is 0 Å². The van der Waals surface area contributed by atoms with E-state index in [2.05, 4.69) is 218 Å². The lowest BCUT2D eigenvalue weighted by molar-refractivity contribution is 0.449. The van der Waals surface area contributed by atoms with Crippen LogP contribution in [0.4, 0.5) is 34.1 Å². The van der Waals surface area contributed by atoms with E-state index in [1.807, 2.05) is 0 Å². The lowest BCUT2D eigenvalue weighted by Gasteiger charge is -2.33. The molecule has 0 aliphatic heterocycles. The highest BCUT2D eigenvalue weighted by atomic mass is 15.2. The standard InChI is InChI=1S/C64H86N2/c1-17-21-25-49(19-3)37-51-39-57(65(55-30-28-43(5)29-31-55)61-45(7)33-53(34-46(61)8)63(11,12)13)41-59-52(38-50(20-4)26-22-18-2)40-58(42-60(51)59)66(56-27-23-24-44(6)32-56)62-47(9)35-54(36-48(62)10)64(14,15)16/h23-24,27-36,39-42,49-50H,17-22,25-26,37-38H2,1-16H3. The van der Waals surface area contributed by atoms with Crippen LogP contribution in [0.2, 0.25) is 0 Å². The van der Waals surface area contributed by atoms with Crippen LogP contribution in [0.3, 0.4) is 0 Å². The summed E-state index contributed by atoms with van der Waals surface area (Å²) in [5, 5.41) is 2.82. The van der Waals surface area contributed by atoms with Gasteiger partial charge >= 0.3 is 0 Å². The van der Waals surface area contributed by atoms with Gasteiger partial charge in [0.15, 0.2) is 0 Å². The number of aryl methyl sites for hydroxylation is 6. The highest BCUT2D eigenvalue weighted by Crippen LogP contribution is 2.47. The van der Waals surface area contributed by atoms with Crippen LogP contribution in [0.15, 0.2) is 97.1 Å². The molecule has 66 heavy (non-hydrogen) atoms. The largest absolute Gasteiger partial charge is 0.310 e. The fourth-order valence-electron chi connectivity index (χ4n) is 10.4. The van der Waals surface area contributed by atoms with E-state index in [0.29, 0.717) is 11.8 Å². The average Bonchev–Trinajstić information content (AvgIpc) is 3.25. The lowest BCUT2D eigenvalue weighted by Crippen LogP contribution is -2.18. The first-order chi connectivity index (χ1) is 31.3. The summed E-state index contributed by atoms with van der Waals surface area (Å²) in [6.45, 7) is 37.3. The monoisotopic (exact) mass is 883 g/mol. The van der Waals surface area contributed by atoms with Crippen LogP contribution < -0.4 is 9.80 Å². The summed E-state index contributed by atoms with van der Waals surface area (Å²) in [5.41, 5.74) is 21.2.